The molecule has 1 aliphatic rings. The Labute approximate surface area is 179 Å². The zero-order valence-corrected chi connectivity index (χ0v) is 17.5. The van der Waals surface area contributed by atoms with Gasteiger partial charge in [0.05, 0.1) is 44.9 Å². The predicted octanol–water partition coefficient (Wildman–Crippen LogP) is 2.75. The monoisotopic (exact) mass is 424 g/mol. The Morgan fingerprint density at radius 2 is 1.81 bits per heavy atom. The Morgan fingerprint density at radius 1 is 1.06 bits per heavy atom. The van der Waals surface area contributed by atoms with Crippen molar-refractivity contribution in [1.29, 1.82) is 0 Å². The van der Waals surface area contributed by atoms with Crippen LogP contribution < -0.4 is 20.2 Å². The molecule has 0 bridgehead atoms. The topological polar surface area (TPSA) is 90.2 Å². The van der Waals surface area contributed by atoms with Gasteiger partial charge < -0.3 is 18.6 Å². The smallest absolute Gasteiger partial charge is 0.240 e. The highest BCUT2D eigenvalue weighted by Gasteiger charge is 2.21. The summed E-state index contributed by atoms with van der Waals surface area (Å²) in [7, 11) is 3.06. The number of amides is 1. The fourth-order valence-electron chi connectivity index (χ4n) is 3.61. The quantitative estimate of drug-likeness (QED) is 0.651. The van der Waals surface area contributed by atoms with Gasteiger partial charge in [0.25, 0.3) is 0 Å². The molecule has 1 aromatic heterocycles. The van der Waals surface area contributed by atoms with E-state index in [1.165, 1.54) is 7.11 Å². The molecule has 1 saturated heterocycles. The highest BCUT2D eigenvalue weighted by molar-refractivity contribution is 5.97. The number of anilines is 1. The van der Waals surface area contributed by atoms with Crippen molar-refractivity contribution in [2.45, 2.75) is 0 Å². The van der Waals surface area contributed by atoms with Crippen molar-refractivity contribution in [2.75, 3.05) is 52.4 Å². The van der Waals surface area contributed by atoms with Crippen LogP contribution in [0.1, 0.15) is 0 Å². The van der Waals surface area contributed by atoms with Crippen molar-refractivity contribution in [2.24, 2.45) is 0 Å². The number of benzene rings is 2. The van der Waals surface area contributed by atoms with E-state index in [0.717, 1.165) is 0 Å². The van der Waals surface area contributed by atoms with Gasteiger partial charge in [-0.3, -0.25) is 19.8 Å². The van der Waals surface area contributed by atoms with Crippen LogP contribution in [0.15, 0.2) is 51.7 Å². The molecule has 0 radical (unpaired) electrons. The molecule has 1 N–H and O–H groups in total. The molecule has 0 aliphatic carbocycles. The molecule has 8 heteroatoms. The number of hydrogen-bond donors (Lipinski definition) is 1. The van der Waals surface area contributed by atoms with Crippen LogP contribution in [0, 0.1) is 0 Å². The number of carbonyl (C=O) groups is 1. The number of morpholine rings is 1. The van der Waals surface area contributed by atoms with Crippen molar-refractivity contribution in [3.63, 3.8) is 0 Å². The average molecular weight is 424 g/mol. The molecule has 0 spiro atoms. The van der Waals surface area contributed by atoms with E-state index in [4.69, 9.17) is 18.6 Å². The van der Waals surface area contributed by atoms with E-state index in [0.29, 0.717) is 54.3 Å². The lowest BCUT2D eigenvalue weighted by Crippen LogP contribution is -2.41. The Morgan fingerprint density at radius 3 is 2.55 bits per heavy atom. The first kappa shape index (κ1) is 20.9. The van der Waals surface area contributed by atoms with E-state index < -0.39 is 0 Å². The number of rotatable bonds is 6. The standard InChI is InChI=1S/C23H24N2O6/c1-28-18-8-7-15(13-19(18)29-2)21-22(27)16-5-3-4-6-17(16)31-23(21)24-20(26)14-25-9-11-30-12-10-25/h3-8,13H,9-12,14H2,1-2H3,(H,24,26). The summed E-state index contributed by atoms with van der Waals surface area (Å²) in [5.41, 5.74) is 0.975. The van der Waals surface area contributed by atoms with Gasteiger partial charge in [0.1, 0.15) is 5.58 Å². The van der Waals surface area contributed by atoms with Crippen LogP contribution in [0.4, 0.5) is 5.88 Å². The van der Waals surface area contributed by atoms with Crippen LogP contribution in [0.25, 0.3) is 22.1 Å². The van der Waals surface area contributed by atoms with Gasteiger partial charge in [-0.2, -0.15) is 0 Å². The molecule has 8 nitrogen and oxygen atoms in total. The zero-order valence-electron chi connectivity index (χ0n) is 17.5. The first-order valence-electron chi connectivity index (χ1n) is 9.99. The fourth-order valence-corrected chi connectivity index (χ4v) is 3.61. The molecule has 2 aromatic carbocycles. The third kappa shape index (κ3) is 4.40. The SMILES string of the molecule is COc1ccc(-c2c(NC(=O)CN3CCOCC3)oc3ccccc3c2=O)cc1OC. The highest BCUT2D eigenvalue weighted by Crippen LogP contribution is 2.35. The minimum Gasteiger partial charge on any atom is -0.493 e. The molecule has 162 valence electrons. The summed E-state index contributed by atoms with van der Waals surface area (Å²) in [6, 6.07) is 12.1. The molecule has 4 rings (SSSR count). The molecule has 1 amide bonds. The molecule has 2 heterocycles. The number of ether oxygens (including phenoxy) is 3. The molecule has 0 atom stereocenters. The Kier molecular flexibility index (Phi) is 6.20. The highest BCUT2D eigenvalue weighted by atomic mass is 16.5. The number of nitrogens with one attached hydrogen (secondary N) is 1. The van der Waals surface area contributed by atoms with E-state index >= 15 is 0 Å². The summed E-state index contributed by atoms with van der Waals surface area (Å²) in [4.78, 5) is 28.1. The summed E-state index contributed by atoms with van der Waals surface area (Å²) in [6.45, 7) is 2.73. The number of para-hydroxylation sites is 1. The first-order chi connectivity index (χ1) is 15.1. The van der Waals surface area contributed by atoms with Crippen molar-refractivity contribution in [3.05, 3.63) is 52.7 Å². The van der Waals surface area contributed by atoms with Gasteiger partial charge >= 0.3 is 0 Å². The fraction of sp³-hybridized carbons (Fsp3) is 0.304. The van der Waals surface area contributed by atoms with Gasteiger partial charge in [-0.25, -0.2) is 0 Å². The summed E-state index contributed by atoms with van der Waals surface area (Å²) >= 11 is 0. The van der Waals surface area contributed by atoms with Gasteiger partial charge in [0.15, 0.2) is 11.5 Å². The van der Waals surface area contributed by atoms with E-state index in [1.54, 1.807) is 49.6 Å². The first-order valence-corrected chi connectivity index (χ1v) is 9.99. The minimum absolute atomic E-state index is 0.106. The van der Waals surface area contributed by atoms with E-state index in [1.807, 2.05) is 4.90 Å². The maximum Gasteiger partial charge on any atom is 0.240 e. The number of hydrogen-bond acceptors (Lipinski definition) is 7. The van der Waals surface area contributed by atoms with Crippen LogP contribution in [0.5, 0.6) is 11.5 Å². The van der Waals surface area contributed by atoms with Gasteiger partial charge in [-0.1, -0.05) is 18.2 Å². The van der Waals surface area contributed by atoms with Crippen molar-refractivity contribution >= 4 is 22.8 Å². The normalized spacial score (nSPS) is 14.4. The van der Waals surface area contributed by atoms with Crippen molar-refractivity contribution < 1.29 is 23.4 Å². The van der Waals surface area contributed by atoms with Gasteiger partial charge in [0, 0.05) is 13.1 Å². The molecular formula is C23H24N2O6. The third-order valence-electron chi connectivity index (χ3n) is 5.19. The van der Waals surface area contributed by atoms with E-state index in [9.17, 15) is 9.59 Å². The van der Waals surface area contributed by atoms with Crippen LogP contribution in [0.2, 0.25) is 0 Å². The lowest BCUT2D eigenvalue weighted by Gasteiger charge is -2.25. The van der Waals surface area contributed by atoms with Gasteiger partial charge in [-0.15, -0.1) is 0 Å². The van der Waals surface area contributed by atoms with Crippen molar-refractivity contribution in [1.82, 2.24) is 4.90 Å². The number of nitrogens with zero attached hydrogens (tertiary/aromatic N) is 1. The maximum absolute atomic E-state index is 13.4. The summed E-state index contributed by atoms with van der Waals surface area (Å²) in [6.07, 6.45) is 0. The second-order valence-corrected chi connectivity index (χ2v) is 7.14. The molecule has 1 fully saturated rings. The summed E-state index contributed by atoms with van der Waals surface area (Å²) in [5.74, 6) is 0.851. The number of methoxy groups -OCH3 is 2. The lowest BCUT2D eigenvalue weighted by atomic mass is 10.0. The molecule has 3 aromatic rings. The molecule has 0 unspecified atom stereocenters. The van der Waals surface area contributed by atoms with Gasteiger partial charge in [-0.05, 0) is 29.8 Å². The second kappa shape index (κ2) is 9.20. The Hall–Kier alpha value is -3.36. The average Bonchev–Trinajstić information content (AvgIpc) is 2.79. The molecule has 31 heavy (non-hydrogen) atoms. The number of fused-ring (bicyclic) bond motifs is 1. The Bertz CT molecular complexity index is 1150. The molecular weight excluding hydrogens is 400 g/mol. The van der Waals surface area contributed by atoms with Crippen LogP contribution in [-0.2, 0) is 9.53 Å². The molecule has 1 aliphatic heterocycles. The predicted molar refractivity (Wildman–Crippen MR) is 117 cm³/mol. The summed E-state index contributed by atoms with van der Waals surface area (Å²) in [5, 5.41) is 3.22. The molecule has 0 saturated carbocycles. The van der Waals surface area contributed by atoms with Gasteiger partial charge in [0.2, 0.25) is 17.2 Å². The maximum atomic E-state index is 13.4. The second-order valence-electron chi connectivity index (χ2n) is 7.14. The van der Waals surface area contributed by atoms with Crippen molar-refractivity contribution in [3.8, 4) is 22.6 Å². The lowest BCUT2D eigenvalue weighted by molar-refractivity contribution is -0.118. The van der Waals surface area contributed by atoms with E-state index in [-0.39, 0.29) is 29.3 Å². The van der Waals surface area contributed by atoms with E-state index in [2.05, 4.69) is 5.32 Å². The van der Waals surface area contributed by atoms with Crippen LogP contribution in [0.3, 0.4) is 0 Å². The largest absolute Gasteiger partial charge is 0.493 e. The van der Waals surface area contributed by atoms with Crippen LogP contribution >= 0.6 is 0 Å². The van der Waals surface area contributed by atoms with Crippen LogP contribution in [-0.4, -0.2) is 57.9 Å². The Balaban J connectivity index is 1.77. The summed E-state index contributed by atoms with van der Waals surface area (Å²) < 4.78 is 22.0. The minimum atomic E-state index is -0.262. The zero-order chi connectivity index (χ0) is 21.8. The third-order valence-corrected chi connectivity index (χ3v) is 5.19. The number of carbonyl (C=O) groups excluding carboxylic acids is 1.